The van der Waals surface area contributed by atoms with Crippen molar-refractivity contribution < 1.29 is 19.0 Å². The fourth-order valence-electron chi connectivity index (χ4n) is 2.68. The number of ether oxygens (including phenoxy) is 3. The molecule has 1 atom stereocenters. The molecular formula is C16H21NO4S. The Bertz CT molecular complexity index is 537. The Morgan fingerprint density at radius 3 is 3.14 bits per heavy atom. The summed E-state index contributed by atoms with van der Waals surface area (Å²) >= 11 is 1.65. The van der Waals surface area contributed by atoms with Gasteiger partial charge in [0.25, 0.3) is 0 Å². The monoisotopic (exact) mass is 323 g/mol. The molecule has 1 amide bonds. The van der Waals surface area contributed by atoms with Gasteiger partial charge in [-0.3, -0.25) is 4.79 Å². The fraction of sp³-hybridized carbons (Fsp3) is 0.562. The van der Waals surface area contributed by atoms with E-state index in [9.17, 15) is 4.79 Å². The molecule has 22 heavy (non-hydrogen) atoms. The number of rotatable bonds is 7. The lowest BCUT2D eigenvalue weighted by atomic mass is 10.1. The van der Waals surface area contributed by atoms with Crippen LogP contribution in [-0.2, 0) is 9.53 Å². The summed E-state index contributed by atoms with van der Waals surface area (Å²) in [5.41, 5.74) is 1.03. The van der Waals surface area contributed by atoms with E-state index in [1.165, 1.54) is 0 Å². The number of hydrogen-bond acceptors (Lipinski definition) is 5. The zero-order valence-electron chi connectivity index (χ0n) is 12.7. The normalized spacial score (nSPS) is 20.0. The standard InChI is InChI=1S/C16H21NO4S/c1-2-8-19-9-4-7-17-14(18)10-22-16(17)12-5-3-6-13-15(12)21-11-20-13/h3,5-6,16H,2,4,7-11H2,1H3. The lowest BCUT2D eigenvalue weighted by Gasteiger charge is -2.25. The lowest BCUT2D eigenvalue weighted by Crippen LogP contribution is -2.30. The molecule has 5 nitrogen and oxygen atoms in total. The van der Waals surface area contributed by atoms with Crippen LogP contribution in [0.1, 0.15) is 30.7 Å². The second-order valence-electron chi connectivity index (χ2n) is 5.30. The zero-order valence-corrected chi connectivity index (χ0v) is 13.6. The van der Waals surface area contributed by atoms with Gasteiger partial charge in [0.2, 0.25) is 12.7 Å². The van der Waals surface area contributed by atoms with Crippen LogP contribution in [0.3, 0.4) is 0 Å². The van der Waals surface area contributed by atoms with Gasteiger partial charge in [-0.2, -0.15) is 0 Å². The van der Waals surface area contributed by atoms with Crippen molar-refractivity contribution in [2.45, 2.75) is 25.1 Å². The maximum Gasteiger partial charge on any atom is 0.233 e. The van der Waals surface area contributed by atoms with Crippen LogP contribution < -0.4 is 9.47 Å². The van der Waals surface area contributed by atoms with Crippen molar-refractivity contribution >= 4 is 17.7 Å². The van der Waals surface area contributed by atoms with E-state index in [1.54, 1.807) is 11.8 Å². The minimum Gasteiger partial charge on any atom is -0.454 e. The second kappa shape index (κ2) is 7.24. The molecule has 1 fully saturated rings. The van der Waals surface area contributed by atoms with Gasteiger partial charge in [-0.15, -0.1) is 11.8 Å². The summed E-state index contributed by atoms with van der Waals surface area (Å²) < 4.78 is 16.5. The minimum atomic E-state index is 0.00956. The SMILES string of the molecule is CCCOCCCN1C(=O)CSC1c1cccc2c1OCO2. The fourth-order valence-corrected chi connectivity index (χ4v) is 3.92. The van der Waals surface area contributed by atoms with Crippen molar-refractivity contribution in [2.75, 3.05) is 32.3 Å². The van der Waals surface area contributed by atoms with Gasteiger partial charge in [-0.05, 0) is 18.9 Å². The molecule has 6 heteroatoms. The number of carbonyl (C=O) groups is 1. The van der Waals surface area contributed by atoms with E-state index in [4.69, 9.17) is 14.2 Å². The number of nitrogens with zero attached hydrogens (tertiary/aromatic N) is 1. The second-order valence-corrected chi connectivity index (χ2v) is 6.37. The highest BCUT2D eigenvalue weighted by molar-refractivity contribution is 8.00. The number of amides is 1. The van der Waals surface area contributed by atoms with Gasteiger partial charge in [0.15, 0.2) is 11.5 Å². The van der Waals surface area contributed by atoms with Gasteiger partial charge in [0.05, 0.1) is 5.75 Å². The smallest absolute Gasteiger partial charge is 0.233 e. The molecule has 0 bridgehead atoms. The van der Waals surface area contributed by atoms with Gasteiger partial charge in [0.1, 0.15) is 5.37 Å². The predicted octanol–water partition coefficient (Wildman–Crippen LogP) is 2.81. The topological polar surface area (TPSA) is 48.0 Å². The number of benzene rings is 1. The summed E-state index contributed by atoms with van der Waals surface area (Å²) in [5.74, 6) is 2.25. The molecule has 1 aromatic carbocycles. The van der Waals surface area contributed by atoms with E-state index in [1.807, 2.05) is 23.1 Å². The van der Waals surface area contributed by atoms with Crippen LogP contribution >= 0.6 is 11.8 Å². The van der Waals surface area contributed by atoms with E-state index in [2.05, 4.69) is 6.92 Å². The van der Waals surface area contributed by atoms with Crippen molar-refractivity contribution in [3.05, 3.63) is 23.8 Å². The van der Waals surface area contributed by atoms with E-state index >= 15 is 0 Å². The first-order chi connectivity index (χ1) is 10.8. The lowest BCUT2D eigenvalue weighted by molar-refractivity contribution is -0.128. The van der Waals surface area contributed by atoms with Gasteiger partial charge >= 0.3 is 0 Å². The quantitative estimate of drug-likeness (QED) is 0.722. The highest BCUT2D eigenvalue weighted by atomic mass is 32.2. The van der Waals surface area contributed by atoms with Crippen molar-refractivity contribution in [1.29, 1.82) is 0 Å². The van der Waals surface area contributed by atoms with Gasteiger partial charge in [-0.1, -0.05) is 19.1 Å². The summed E-state index contributed by atoms with van der Waals surface area (Å²) in [6, 6.07) is 5.87. The maximum atomic E-state index is 12.2. The van der Waals surface area contributed by atoms with Gasteiger partial charge in [0, 0.05) is 25.3 Å². The van der Waals surface area contributed by atoms with Gasteiger partial charge in [-0.25, -0.2) is 0 Å². The predicted molar refractivity (Wildman–Crippen MR) is 85.2 cm³/mol. The molecule has 0 N–H and O–H groups in total. The van der Waals surface area contributed by atoms with Crippen molar-refractivity contribution in [2.24, 2.45) is 0 Å². The first kappa shape index (κ1) is 15.5. The Kier molecular flexibility index (Phi) is 5.10. The summed E-state index contributed by atoms with van der Waals surface area (Å²) in [4.78, 5) is 14.1. The van der Waals surface area contributed by atoms with Crippen LogP contribution in [0, 0.1) is 0 Å². The van der Waals surface area contributed by atoms with Crippen molar-refractivity contribution in [3.8, 4) is 11.5 Å². The highest BCUT2D eigenvalue weighted by Gasteiger charge is 2.35. The highest BCUT2D eigenvalue weighted by Crippen LogP contribution is 2.47. The average molecular weight is 323 g/mol. The van der Waals surface area contributed by atoms with Crippen LogP contribution in [-0.4, -0.2) is 43.1 Å². The number of hydrogen-bond donors (Lipinski definition) is 0. The number of carbonyl (C=O) groups excluding carboxylic acids is 1. The van der Waals surface area contributed by atoms with Crippen LogP contribution in [0.2, 0.25) is 0 Å². The number of thioether (sulfide) groups is 1. The Morgan fingerprint density at radius 1 is 1.36 bits per heavy atom. The maximum absolute atomic E-state index is 12.2. The minimum absolute atomic E-state index is 0.00956. The van der Waals surface area contributed by atoms with Crippen LogP contribution in [0.25, 0.3) is 0 Å². The molecule has 2 aliphatic heterocycles. The third-order valence-corrected chi connectivity index (χ3v) is 4.94. The van der Waals surface area contributed by atoms with E-state index in [-0.39, 0.29) is 18.1 Å². The van der Waals surface area contributed by atoms with Crippen molar-refractivity contribution in [3.63, 3.8) is 0 Å². The third kappa shape index (κ3) is 3.17. The molecule has 0 radical (unpaired) electrons. The molecule has 1 unspecified atom stereocenters. The molecule has 3 rings (SSSR count). The summed E-state index contributed by atoms with van der Waals surface area (Å²) in [5, 5.41) is 0.00956. The number of para-hydroxylation sites is 1. The molecule has 1 saturated heterocycles. The Morgan fingerprint density at radius 2 is 2.27 bits per heavy atom. The molecule has 2 heterocycles. The summed E-state index contributed by atoms with van der Waals surface area (Å²) in [6.07, 6.45) is 1.88. The Hall–Kier alpha value is -1.40. The molecule has 0 aliphatic carbocycles. The van der Waals surface area contributed by atoms with E-state index < -0.39 is 0 Å². The Labute approximate surface area is 134 Å². The van der Waals surface area contributed by atoms with E-state index in [0.29, 0.717) is 18.9 Å². The largest absolute Gasteiger partial charge is 0.454 e. The van der Waals surface area contributed by atoms with E-state index in [0.717, 1.165) is 36.5 Å². The van der Waals surface area contributed by atoms with Gasteiger partial charge < -0.3 is 19.1 Å². The zero-order chi connectivity index (χ0) is 15.4. The first-order valence-corrected chi connectivity index (χ1v) is 8.73. The molecular weight excluding hydrogens is 302 g/mol. The molecule has 0 saturated carbocycles. The molecule has 2 aliphatic rings. The third-order valence-electron chi connectivity index (χ3n) is 3.70. The number of fused-ring (bicyclic) bond motifs is 1. The molecule has 0 spiro atoms. The first-order valence-electron chi connectivity index (χ1n) is 7.68. The van der Waals surface area contributed by atoms with Crippen LogP contribution in [0.4, 0.5) is 0 Å². The molecule has 0 aromatic heterocycles. The van der Waals surface area contributed by atoms with Crippen LogP contribution in [0.5, 0.6) is 11.5 Å². The Balaban J connectivity index is 1.67. The van der Waals surface area contributed by atoms with Crippen LogP contribution in [0.15, 0.2) is 18.2 Å². The van der Waals surface area contributed by atoms with Crippen molar-refractivity contribution in [1.82, 2.24) is 4.90 Å². The average Bonchev–Trinajstić information content (AvgIpc) is 3.14. The summed E-state index contributed by atoms with van der Waals surface area (Å²) in [6.45, 7) is 4.53. The molecule has 1 aromatic rings. The molecule has 120 valence electrons. The summed E-state index contributed by atoms with van der Waals surface area (Å²) in [7, 11) is 0.